The van der Waals surface area contributed by atoms with Crippen LogP contribution in [0.1, 0.15) is 26.7 Å². The molecule has 2 nitrogen and oxygen atoms in total. The standard InChI is InChI=1S/C15H15NO/c1-15(2,3)14-16-12-9-8-10-6-4-5-7-11(10)13(12)17-14/h4-9H,1-3H3. The lowest BCUT2D eigenvalue weighted by Gasteiger charge is -2.11. The molecule has 0 aliphatic carbocycles. The van der Waals surface area contributed by atoms with E-state index < -0.39 is 0 Å². The van der Waals surface area contributed by atoms with E-state index in [9.17, 15) is 0 Å². The van der Waals surface area contributed by atoms with E-state index >= 15 is 0 Å². The van der Waals surface area contributed by atoms with Crippen LogP contribution in [0, 0.1) is 0 Å². The molecule has 0 saturated heterocycles. The van der Waals surface area contributed by atoms with Crippen molar-refractivity contribution in [1.82, 2.24) is 4.98 Å². The molecular weight excluding hydrogens is 210 g/mol. The van der Waals surface area contributed by atoms with Gasteiger partial charge in [0.15, 0.2) is 5.58 Å². The Balaban J connectivity index is 2.39. The zero-order valence-electron chi connectivity index (χ0n) is 10.3. The van der Waals surface area contributed by atoms with Gasteiger partial charge in [-0.15, -0.1) is 0 Å². The molecule has 2 aromatic carbocycles. The topological polar surface area (TPSA) is 26.0 Å². The predicted octanol–water partition coefficient (Wildman–Crippen LogP) is 4.28. The number of aromatic nitrogens is 1. The fraction of sp³-hybridized carbons (Fsp3) is 0.267. The number of rotatable bonds is 0. The highest BCUT2D eigenvalue weighted by Gasteiger charge is 2.21. The molecule has 1 aromatic heterocycles. The van der Waals surface area contributed by atoms with Gasteiger partial charge >= 0.3 is 0 Å². The number of oxazole rings is 1. The Kier molecular flexibility index (Phi) is 2.02. The molecule has 86 valence electrons. The van der Waals surface area contributed by atoms with Gasteiger partial charge in [0.1, 0.15) is 5.52 Å². The average molecular weight is 225 g/mol. The molecule has 0 amide bonds. The molecule has 1 heterocycles. The molecule has 3 aromatic rings. The van der Waals surface area contributed by atoms with Gasteiger partial charge < -0.3 is 4.42 Å². The molecule has 2 heteroatoms. The van der Waals surface area contributed by atoms with Crippen LogP contribution >= 0.6 is 0 Å². The summed E-state index contributed by atoms with van der Waals surface area (Å²) in [4.78, 5) is 4.57. The Morgan fingerprint density at radius 1 is 1.00 bits per heavy atom. The summed E-state index contributed by atoms with van der Waals surface area (Å²) in [5.74, 6) is 0.795. The first-order valence-electron chi connectivity index (χ1n) is 5.84. The first-order chi connectivity index (χ1) is 8.05. The van der Waals surface area contributed by atoms with Crippen LogP contribution in [0.3, 0.4) is 0 Å². The van der Waals surface area contributed by atoms with Crippen molar-refractivity contribution in [1.29, 1.82) is 0 Å². The van der Waals surface area contributed by atoms with Gasteiger partial charge in [-0.05, 0) is 11.5 Å². The summed E-state index contributed by atoms with van der Waals surface area (Å²) in [5.41, 5.74) is 1.78. The molecule has 0 radical (unpaired) electrons. The molecule has 0 aliphatic rings. The van der Waals surface area contributed by atoms with Crippen molar-refractivity contribution in [2.24, 2.45) is 0 Å². The van der Waals surface area contributed by atoms with E-state index in [4.69, 9.17) is 4.42 Å². The maximum Gasteiger partial charge on any atom is 0.200 e. The van der Waals surface area contributed by atoms with E-state index in [0.29, 0.717) is 0 Å². The third-order valence-corrected chi connectivity index (χ3v) is 2.92. The van der Waals surface area contributed by atoms with Gasteiger partial charge in [0.2, 0.25) is 5.89 Å². The summed E-state index contributed by atoms with van der Waals surface area (Å²) in [7, 11) is 0. The molecule has 17 heavy (non-hydrogen) atoms. The lowest BCUT2D eigenvalue weighted by atomic mass is 9.97. The molecule has 0 bridgehead atoms. The minimum atomic E-state index is -0.0554. The first-order valence-corrected chi connectivity index (χ1v) is 5.84. The molecule has 0 fully saturated rings. The van der Waals surface area contributed by atoms with E-state index in [1.54, 1.807) is 0 Å². The Bertz CT molecular complexity index is 689. The fourth-order valence-corrected chi connectivity index (χ4v) is 1.98. The second-order valence-corrected chi connectivity index (χ2v) is 5.40. The number of hydrogen-bond donors (Lipinski definition) is 0. The van der Waals surface area contributed by atoms with Gasteiger partial charge in [-0.3, -0.25) is 0 Å². The highest BCUT2D eigenvalue weighted by atomic mass is 16.3. The third-order valence-electron chi connectivity index (χ3n) is 2.92. The molecule has 0 spiro atoms. The van der Waals surface area contributed by atoms with Gasteiger partial charge in [-0.2, -0.15) is 0 Å². The number of hydrogen-bond acceptors (Lipinski definition) is 2. The molecule has 0 N–H and O–H groups in total. The third kappa shape index (κ3) is 1.60. The Morgan fingerprint density at radius 3 is 2.53 bits per heavy atom. The van der Waals surface area contributed by atoms with Crippen molar-refractivity contribution in [2.45, 2.75) is 26.2 Å². The Hall–Kier alpha value is -1.83. The SMILES string of the molecule is CC(C)(C)c1nc2ccc3ccccc3c2o1. The molecule has 0 saturated carbocycles. The van der Waals surface area contributed by atoms with E-state index in [0.717, 1.165) is 22.4 Å². The molecule has 3 rings (SSSR count). The van der Waals surface area contributed by atoms with E-state index in [-0.39, 0.29) is 5.41 Å². The summed E-state index contributed by atoms with van der Waals surface area (Å²) in [6, 6.07) is 12.3. The number of benzene rings is 2. The summed E-state index contributed by atoms with van der Waals surface area (Å²) in [6.07, 6.45) is 0. The summed E-state index contributed by atoms with van der Waals surface area (Å²) in [6.45, 7) is 6.33. The molecule has 0 atom stereocenters. The zero-order valence-corrected chi connectivity index (χ0v) is 10.3. The van der Waals surface area contributed by atoms with Crippen molar-refractivity contribution < 1.29 is 4.42 Å². The smallest absolute Gasteiger partial charge is 0.200 e. The molecular formula is C15H15NO. The quantitative estimate of drug-likeness (QED) is 0.570. The van der Waals surface area contributed by atoms with E-state index in [1.807, 2.05) is 18.2 Å². The molecule has 0 unspecified atom stereocenters. The Labute approximate surface area is 100 Å². The van der Waals surface area contributed by atoms with Crippen LogP contribution in [-0.2, 0) is 5.41 Å². The minimum Gasteiger partial charge on any atom is -0.439 e. The van der Waals surface area contributed by atoms with Crippen molar-refractivity contribution in [3.8, 4) is 0 Å². The van der Waals surface area contributed by atoms with Crippen molar-refractivity contribution in [3.05, 3.63) is 42.3 Å². The predicted molar refractivity (Wildman–Crippen MR) is 70.2 cm³/mol. The van der Waals surface area contributed by atoms with Crippen LogP contribution in [0.4, 0.5) is 0 Å². The zero-order chi connectivity index (χ0) is 12.0. The largest absolute Gasteiger partial charge is 0.439 e. The van der Waals surface area contributed by atoms with Gasteiger partial charge in [0.05, 0.1) is 0 Å². The van der Waals surface area contributed by atoms with Crippen LogP contribution in [0.15, 0.2) is 40.8 Å². The Morgan fingerprint density at radius 2 is 1.76 bits per heavy atom. The first kappa shape index (κ1) is 10.3. The van der Waals surface area contributed by atoms with E-state index in [2.05, 4.69) is 44.0 Å². The van der Waals surface area contributed by atoms with Gasteiger partial charge in [-0.1, -0.05) is 51.1 Å². The van der Waals surface area contributed by atoms with E-state index in [1.165, 1.54) is 5.39 Å². The van der Waals surface area contributed by atoms with Crippen LogP contribution in [0.2, 0.25) is 0 Å². The van der Waals surface area contributed by atoms with Crippen molar-refractivity contribution in [2.75, 3.05) is 0 Å². The van der Waals surface area contributed by atoms with Gasteiger partial charge in [0.25, 0.3) is 0 Å². The minimum absolute atomic E-state index is 0.0554. The van der Waals surface area contributed by atoms with Crippen LogP contribution < -0.4 is 0 Å². The average Bonchev–Trinajstić information content (AvgIpc) is 2.72. The monoisotopic (exact) mass is 225 g/mol. The van der Waals surface area contributed by atoms with Crippen LogP contribution in [0.25, 0.3) is 21.9 Å². The second kappa shape index (κ2) is 3.33. The summed E-state index contributed by atoms with van der Waals surface area (Å²) in [5, 5.41) is 2.32. The van der Waals surface area contributed by atoms with Gasteiger partial charge in [-0.25, -0.2) is 4.98 Å². The fourth-order valence-electron chi connectivity index (χ4n) is 1.98. The van der Waals surface area contributed by atoms with Crippen molar-refractivity contribution >= 4 is 21.9 Å². The lowest BCUT2D eigenvalue weighted by molar-refractivity contribution is 0.412. The summed E-state index contributed by atoms with van der Waals surface area (Å²) >= 11 is 0. The maximum atomic E-state index is 5.93. The highest BCUT2D eigenvalue weighted by molar-refractivity contribution is 6.02. The van der Waals surface area contributed by atoms with Gasteiger partial charge in [0, 0.05) is 10.8 Å². The number of fused-ring (bicyclic) bond motifs is 3. The molecule has 0 aliphatic heterocycles. The van der Waals surface area contributed by atoms with Crippen LogP contribution in [0.5, 0.6) is 0 Å². The summed E-state index contributed by atoms with van der Waals surface area (Å²) < 4.78 is 5.93. The number of nitrogens with zero attached hydrogens (tertiary/aromatic N) is 1. The van der Waals surface area contributed by atoms with Crippen LogP contribution in [-0.4, -0.2) is 4.98 Å². The van der Waals surface area contributed by atoms with Crippen molar-refractivity contribution in [3.63, 3.8) is 0 Å². The normalized spacial score (nSPS) is 12.4. The lowest BCUT2D eigenvalue weighted by Crippen LogP contribution is -2.10. The highest BCUT2D eigenvalue weighted by Crippen LogP contribution is 2.30. The second-order valence-electron chi connectivity index (χ2n) is 5.40. The maximum absolute atomic E-state index is 5.93.